The zero-order chi connectivity index (χ0) is 12.7. The summed E-state index contributed by atoms with van der Waals surface area (Å²) in [5.74, 6) is 0.145. The molecule has 0 aliphatic heterocycles. The Morgan fingerprint density at radius 3 is 2.00 bits per heavy atom. The predicted molar refractivity (Wildman–Crippen MR) is 74.4 cm³/mol. The van der Waals surface area contributed by atoms with Crippen LogP contribution in [0.15, 0.2) is 48.5 Å². The summed E-state index contributed by atoms with van der Waals surface area (Å²) in [7, 11) is 0. The van der Waals surface area contributed by atoms with E-state index in [1.54, 1.807) is 0 Å². The number of aryl methyl sites for hydroxylation is 1. The van der Waals surface area contributed by atoms with Crippen LogP contribution < -0.4 is 0 Å². The number of hydrogen-bond acceptors (Lipinski definition) is 1. The van der Waals surface area contributed by atoms with Crippen LogP contribution in [0.2, 0.25) is 0 Å². The second kappa shape index (κ2) is 3.95. The Balaban J connectivity index is 2.18. The van der Waals surface area contributed by atoms with Gasteiger partial charge in [-0.3, -0.25) is 4.79 Å². The maximum absolute atomic E-state index is 12.4. The minimum absolute atomic E-state index is 0.145. The maximum Gasteiger partial charge on any atom is 0.194 e. The summed E-state index contributed by atoms with van der Waals surface area (Å²) in [5.41, 5.74) is 6.04. The van der Waals surface area contributed by atoms with Gasteiger partial charge in [0.05, 0.1) is 0 Å². The van der Waals surface area contributed by atoms with Gasteiger partial charge in [0.2, 0.25) is 0 Å². The lowest BCUT2D eigenvalue weighted by molar-refractivity contribution is 0.105. The topological polar surface area (TPSA) is 17.1 Å². The number of benzene rings is 2. The van der Waals surface area contributed by atoms with E-state index in [-0.39, 0.29) is 5.78 Å². The number of allylic oxidation sites excluding steroid dienone is 2. The molecule has 0 saturated heterocycles. The first kappa shape index (κ1) is 11.0. The Bertz CT molecular complexity index is 660. The lowest BCUT2D eigenvalue weighted by Crippen LogP contribution is -1.97. The van der Waals surface area contributed by atoms with Crippen LogP contribution in [-0.2, 0) is 0 Å². The summed E-state index contributed by atoms with van der Waals surface area (Å²) in [4.78, 5) is 12.4. The molecule has 0 N–H and O–H groups in total. The van der Waals surface area contributed by atoms with Crippen molar-refractivity contribution in [3.63, 3.8) is 0 Å². The Morgan fingerprint density at radius 1 is 0.778 bits per heavy atom. The average molecular weight is 234 g/mol. The number of Topliss-reactive ketones (excluding diaryl/α,β-unsaturated/α-hetero) is 1. The monoisotopic (exact) mass is 234 g/mol. The third-order valence-electron chi connectivity index (χ3n) is 3.52. The number of carbonyl (C=O) groups is 1. The summed E-state index contributed by atoms with van der Waals surface area (Å²) < 4.78 is 0. The summed E-state index contributed by atoms with van der Waals surface area (Å²) >= 11 is 0. The van der Waals surface area contributed by atoms with Crippen molar-refractivity contribution < 1.29 is 4.79 Å². The molecule has 0 spiro atoms. The molecule has 88 valence electrons. The van der Waals surface area contributed by atoms with Gasteiger partial charge in [-0.2, -0.15) is 0 Å². The first-order valence-corrected chi connectivity index (χ1v) is 6.10. The minimum atomic E-state index is 0.145. The van der Waals surface area contributed by atoms with Gasteiger partial charge in [0.15, 0.2) is 5.78 Å². The predicted octanol–water partition coefficient (Wildman–Crippen LogP) is 4.12. The summed E-state index contributed by atoms with van der Waals surface area (Å²) in [6.45, 7) is 4.08. The van der Waals surface area contributed by atoms with Crippen LogP contribution in [0.3, 0.4) is 0 Å². The first-order chi connectivity index (χ1) is 8.68. The molecule has 0 unspecified atom stereocenters. The van der Waals surface area contributed by atoms with Crippen molar-refractivity contribution >= 4 is 16.9 Å². The van der Waals surface area contributed by atoms with Crippen LogP contribution in [0, 0.1) is 6.92 Å². The van der Waals surface area contributed by atoms with Gasteiger partial charge in [0.1, 0.15) is 0 Å². The second-order valence-corrected chi connectivity index (χ2v) is 4.74. The standard InChI is InChI=1S/C17H14O/c1-11-7-9-13(10-8-11)16-12(2)14-5-3-4-6-15(14)17(16)18/h3-10H,1-2H3. The molecule has 0 fully saturated rings. The molecule has 1 aliphatic carbocycles. The normalized spacial score (nSPS) is 14.0. The molecule has 0 amide bonds. The fourth-order valence-electron chi connectivity index (χ4n) is 2.52. The minimum Gasteiger partial charge on any atom is -0.289 e. The number of ketones is 1. The second-order valence-electron chi connectivity index (χ2n) is 4.74. The van der Waals surface area contributed by atoms with Gasteiger partial charge in [-0.1, -0.05) is 54.1 Å². The van der Waals surface area contributed by atoms with Crippen LogP contribution >= 0.6 is 0 Å². The van der Waals surface area contributed by atoms with Gasteiger partial charge in [0, 0.05) is 11.1 Å². The van der Waals surface area contributed by atoms with Crippen LogP contribution in [0.4, 0.5) is 0 Å². The van der Waals surface area contributed by atoms with Crippen LogP contribution in [0.1, 0.15) is 34.0 Å². The molecule has 0 saturated carbocycles. The molecule has 3 rings (SSSR count). The highest BCUT2D eigenvalue weighted by atomic mass is 16.1. The van der Waals surface area contributed by atoms with E-state index >= 15 is 0 Å². The quantitative estimate of drug-likeness (QED) is 0.725. The number of hydrogen-bond donors (Lipinski definition) is 0. The van der Waals surface area contributed by atoms with E-state index in [4.69, 9.17) is 0 Å². The lowest BCUT2D eigenvalue weighted by Gasteiger charge is -2.03. The molecular weight excluding hydrogens is 220 g/mol. The largest absolute Gasteiger partial charge is 0.289 e. The van der Waals surface area contributed by atoms with E-state index in [2.05, 4.69) is 6.92 Å². The van der Waals surface area contributed by atoms with Gasteiger partial charge in [0.25, 0.3) is 0 Å². The first-order valence-electron chi connectivity index (χ1n) is 6.10. The highest BCUT2D eigenvalue weighted by Gasteiger charge is 2.27. The Labute approximate surface area is 107 Å². The molecule has 1 nitrogen and oxygen atoms in total. The molecule has 0 heterocycles. The van der Waals surface area contributed by atoms with Crippen LogP contribution in [0.25, 0.3) is 11.1 Å². The van der Waals surface area contributed by atoms with E-state index in [1.807, 2.05) is 55.5 Å². The number of fused-ring (bicyclic) bond motifs is 1. The van der Waals surface area contributed by atoms with Gasteiger partial charge < -0.3 is 0 Å². The molecule has 1 aliphatic rings. The zero-order valence-corrected chi connectivity index (χ0v) is 10.5. The van der Waals surface area contributed by atoms with E-state index in [1.165, 1.54) is 5.56 Å². The fourth-order valence-corrected chi connectivity index (χ4v) is 2.52. The average Bonchev–Trinajstić information content (AvgIpc) is 2.64. The van der Waals surface area contributed by atoms with Crippen molar-refractivity contribution in [1.29, 1.82) is 0 Å². The molecular formula is C17H14O. The SMILES string of the molecule is CC1=C(c2ccc(C)cc2)C(=O)c2ccccc21. The van der Waals surface area contributed by atoms with Crippen molar-refractivity contribution in [3.8, 4) is 0 Å². The highest BCUT2D eigenvalue weighted by molar-refractivity contribution is 6.39. The van der Waals surface area contributed by atoms with Crippen LogP contribution in [-0.4, -0.2) is 5.78 Å². The van der Waals surface area contributed by atoms with E-state index < -0.39 is 0 Å². The summed E-state index contributed by atoms with van der Waals surface area (Å²) in [5, 5.41) is 0. The molecule has 18 heavy (non-hydrogen) atoms. The molecule has 1 heteroatoms. The van der Waals surface area contributed by atoms with Gasteiger partial charge >= 0.3 is 0 Å². The van der Waals surface area contributed by atoms with Crippen molar-refractivity contribution in [2.45, 2.75) is 13.8 Å². The van der Waals surface area contributed by atoms with Gasteiger partial charge in [-0.05, 0) is 30.5 Å². The number of carbonyl (C=O) groups excluding carboxylic acids is 1. The van der Waals surface area contributed by atoms with Crippen molar-refractivity contribution in [2.24, 2.45) is 0 Å². The zero-order valence-electron chi connectivity index (χ0n) is 10.5. The lowest BCUT2D eigenvalue weighted by atomic mass is 9.99. The van der Waals surface area contributed by atoms with E-state index in [0.29, 0.717) is 0 Å². The molecule has 2 aromatic carbocycles. The maximum atomic E-state index is 12.4. The van der Waals surface area contributed by atoms with E-state index in [9.17, 15) is 4.79 Å². The third-order valence-corrected chi connectivity index (χ3v) is 3.52. The molecule has 2 aromatic rings. The Kier molecular flexibility index (Phi) is 2.41. The summed E-state index contributed by atoms with van der Waals surface area (Å²) in [6, 6.07) is 16.0. The Morgan fingerprint density at radius 2 is 1.39 bits per heavy atom. The third kappa shape index (κ3) is 1.52. The molecule has 0 aromatic heterocycles. The molecule has 0 atom stereocenters. The summed E-state index contributed by atoms with van der Waals surface area (Å²) in [6.07, 6.45) is 0. The van der Waals surface area contributed by atoms with Gasteiger partial charge in [-0.25, -0.2) is 0 Å². The van der Waals surface area contributed by atoms with Crippen molar-refractivity contribution in [2.75, 3.05) is 0 Å². The smallest absolute Gasteiger partial charge is 0.194 e. The van der Waals surface area contributed by atoms with Crippen molar-refractivity contribution in [1.82, 2.24) is 0 Å². The molecule has 0 radical (unpaired) electrons. The van der Waals surface area contributed by atoms with E-state index in [0.717, 1.165) is 27.8 Å². The van der Waals surface area contributed by atoms with Crippen molar-refractivity contribution in [3.05, 3.63) is 70.8 Å². The Hall–Kier alpha value is -2.15. The number of rotatable bonds is 1. The fraction of sp³-hybridized carbons (Fsp3) is 0.118. The van der Waals surface area contributed by atoms with Gasteiger partial charge in [-0.15, -0.1) is 0 Å². The highest BCUT2D eigenvalue weighted by Crippen LogP contribution is 2.37. The van der Waals surface area contributed by atoms with Crippen LogP contribution in [0.5, 0.6) is 0 Å². The molecule has 0 bridgehead atoms.